The molecule has 4 heterocycles. The molecule has 1 aliphatic rings. The van der Waals surface area contributed by atoms with Crippen molar-refractivity contribution in [1.29, 1.82) is 0 Å². The van der Waals surface area contributed by atoms with E-state index < -0.39 is 19.9 Å². The molecule has 2 atom stereocenters. The van der Waals surface area contributed by atoms with Gasteiger partial charge < -0.3 is 25.6 Å². The summed E-state index contributed by atoms with van der Waals surface area (Å²) in [6.45, 7) is 11.4. The molecule has 2 amide bonds. The molecule has 3 aromatic heterocycles. The van der Waals surface area contributed by atoms with E-state index in [-0.39, 0.29) is 18.7 Å². The normalized spacial score (nSPS) is 17.4. The molecule has 13 heteroatoms. The fourth-order valence-electron chi connectivity index (χ4n) is 5.72. The average Bonchev–Trinajstić information content (AvgIpc) is 3.60. The molecule has 1 fully saturated rings. The van der Waals surface area contributed by atoms with Gasteiger partial charge in [0.2, 0.25) is 0 Å². The number of fused-ring (bicyclic) bond motifs is 2. The summed E-state index contributed by atoms with van der Waals surface area (Å²) in [4.78, 5) is 40.4. The number of nitrogen functional groups attached to an aromatic ring is 1. The molecule has 0 aliphatic carbocycles. The topological polar surface area (TPSA) is 132 Å². The lowest BCUT2D eigenvalue weighted by atomic mass is 9.89. The number of nitrogens with two attached hydrogens (primary N) is 1. The quantitative estimate of drug-likeness (QED) is 0.126. The maximum absolute atomic E-state index is 13.8. The van der Waals surface area contributed by atoms with Crippen molar-refractivity contribution < 1.29 is 14.3 Å². The van der Waals surface area contributed by atoms with Gasteiger partial charge in [-0.1, -0.05) is 32.6 Å². The van der Waals surface area contributed by atoms with E-state index in [1.54, 1.807) is 27.1 Å². The number of nitrogens with zero attached hydrogens (tertiary/aromatic N) is 6. The minimum absolute atomic E-state index is 0.205. The first kappa shape index (κ1) is 33.0. The maximum atomic E-state index is 13.8. The van der Waals surface area contributed by atoms with Crippen molar-refractivity contribution in [2.24, 2.45) is 5.92 Å². The van der Waals surface area contributed by atoms with Crippen LogP contribution in [0.25, 0.3) is 21.1 Å². The Hall–Kier alpha value is -3.39. The molecular formula is C32H46N8O3SSi. The minimum atomic E-state index is -1.25. The largest absolute Gasteiger partial charge is 0.383 e. The van der Waals surface area contributed by atoms with Crippen molar-refractivity contribution in [2.45, 2.75) is 71.1 Å². The van der Waals surface area contributed by atoms with Crippen molar-refractivity contribution in [2.75, 3.05) is 44.8 Å². The van der Waals surface area contributed by atoms with E-state index in [9.17, 15) is 9.59 Å². The van der Waals surface area contributed by atoms with Crippen LogP contribution in [0.3, 0.4) is 0 Å². The smallest absolute Gasteiger partial charge is 0.314 e. The predicted molar refractivity (Wildman–Crippen MR) is 184 cm³/mol. The van der Waals surface area contributed by atoms with Crippen molar-refractivity contribution in [1.82, 2.24) is 29.5 Å². The molecular weight excluding hydrogens is 605 g/mol. The third-order valence-corrected chi connectivity index (χ3v) is 11.1. The molecule has 0 bridgehead atoms. The lowest BCUT2D eigenvalue weighted by Crippen LogP contribution is -2.46. The standard InChI is InChI=1S/C32H46N8O3SSi/c1-21-9-11-26(22-10-12-27-24(16-22)36-28(44-27)8-7-13-38(2)3)39(19-21)32(42)31(41)37-25-18-34-30(33)23-17-35-40(29(23)25)20-43-14-15-45(4,5)6/h10,12,16-18,21,26H,7-9,11,13-15,19-20H2,1-6H3,(H2,33,34)(H,37,41). The Kier molecular flexibility index (Phi) is 10.2. The molecule has 5 rings (SSSR count). The number of carbonyl (C=O) groups excluding carboxylic acids is 2. The first-order valence-electron chi connectivity index (χ1n) is 15.7. The summed E-state index contributed by atoms with van der Waals surface area (Å²) < 4.78 is 8.71. The summed E-state index contributed by atoms with van der Waals surface area (Å²) in [7, 11) is 2.91. The zero-order chi connectivity index (χ0) is 32.3. The summed E-state index contributed by atoms with van der Waals surface area (Å²) in [6.07, 6.45) is 6.84. The molecule has 1 saturated heterocycles. The number of hydrogen-bond donors (Lipinski definition) is 2. The number of ether oxygens (including phenoxy) is 1. The van der Waals surface area contributed by atoms with Crippen molar-refractivity contribution in [3.05, 3.63) is 41.2 Å². The number of pyridine rings is 1. The summed E-state index contributed by atoms with van der Waals surface area (Å²) >= 11 is 1.73. The molecule has 1 aromatic carbocycles. The van der Waals surface area contributed by atoms with Crippen LogP contribution in [0, 0.1) is 5.92 Å². The van der Waals surface area contributed by atoms with E-state index in [0.717, 1.165) is 59.1 Å². The van der Waals surface area contributed by atoms with E-state index in [0.29, 0.717) is 35.6 Å². The number of anilines is 2. The average molecular weight is 651 g/mol. The van der Waals surface area contributed by atoms with Crippen LogP contribution in [0.1, 0.15) is 42.8 Å². The van der Waals surface area contributed by atoms with Crippen LogP contribution in [-0.4, -0.2) is 83.2 Å². The van der Waals surface area contributed by atoms with Gasteiger partial charge in [0.25, 0.3) is 0 Å². The van der Waals surface area contributed by atoms with Gasteiger partial charge in [-0.2, -0.15) is 5.10 Å². The van der Waals surface area contributed by atoms with Gasteiger partial charge in [0.05, 0.1) is 50.3 Å². The van der Waals surface area contributed by atoms with Gasteiger partial charge in [0.1, 0.15) is 12.5 Å². The first-order valence-corrected chi connectivity index (χ1v) is 20.3. The summed E-state index contributed by atoms with van der Waals surface area (Å²) in [6, 6.07) is 7.09. The van der Waals surface area contributed by atoms with Crippen LogP contribution >= 0.6 is 11.3 Å². The molecule has 4 aromatic rings. The molecule has 242 valence electrons. The SMILES string of the molecule is CC1CCC(c2ccc3sc(CCCN(C)C)nc3c2)N(C(=O)C(=O)Nc2cnc(N)c3cnn(COCC[Si](C)(C)C)c23)C1. The number of nitrogens with one attached hydrogen (secondary N) is 1. The van der Waals surface area contributed by atoms with Gasteiger partial charge in [-0.25, -0.2) is 14.6 Å². The molecule has 0 radical (unpaired) electrons. The fourth-order valence-corrected chi connectivity index (χ4v) is 7.47. The third kappa shape index (κ3) is 8.07. The molecule has 1 aliphatic heterocycles. The number of amides is 2. The van der Waals surface area contributed by atoms with Crippen LogP contribution in [0.2, 0.25) is 25.7 Å². The predicted octanol–water partition coefficient (Wildman–Crippen LogP) is 5.37. The Labute approximate surface area is 270 Å². The zero-order valence-corrected chi connectivity index (χ0v) is 29.1. The lowest BCUT2D eigenvalue weighted by molar-refractivity contribution is -0.146. The summed E-state index contributed by atoms with van der Waals surface area (Å²) in [5, 5.41) is 8.98. The Balaban J connectivity index is 1.33. The number of aryl methyl sites for hydroxylation is 1. The lowest BCUT2D eigenvalue weighted by Gasteiger charge is -2.38. The van der Waals surface area contributed by atoms with Crippen LogP contribution in [0.15, 0.2) is 30.6 Å². The number of thiazole rings is 1. The van der Waals surface area contributed by atoms with E-state index >= 15 is 0 Å². The van der Waals surface area contributed by atoms with Crippen LogP contribution in [-0.2, 0) is 27.5 Å². The highest BCUT2D eigenvalue weighted by atomic mass is 32.1. The Morgan fingerprint density at radius 3 is 2.76 bits per heavy atom. The van der Waals surface area contributed by atoms with Crippen LogP contribution in [0.5, 0.6) is 0 Å². The third-order valence-electron chi connectivity index (χ3n) is 8.27. The second-order valence-corrected chi connectivity index (χ2v) is 20.4. The summed E-state index contributed by atoms with van der Waals surface area (Å²) in [5.74, 6) is -0.709. The second kappa shape index (κ2) is 13.9. The van der Waals surface area contributed by atoms with Gasteiger partial charge in [0.15, 0.2) is 0 Å². The van der Waals surface area contributed by atoms with Gasteiger partial charge >= 0.3 is 11.8 Å². The number of rotatable bonds is 11. The zero-order valence-electron chi connectivity index (χ0n) is 27.3. The van der Waals surface area contributed by atoms with Crippen molar-refractivity contribution >= 4 is 63.8 Å². The number of benzene rings is 1. The molecule has 11 nitrogen and oxygen atoms in total. The van der Waals surface area contributed by atoms with Crippen LogP contribution in [0.4, 0.5) is 11.5 Å². The minimum Gasteiger partial charge on any atom is -0.383 e. The molecule has 0 spiro atoms. The van der Waals surface area contributed by atoms with E-state index in [4.69, 9.17) is 15.5 Å². The number of aromatic nitrogens is 4. The highest BCUT2D eigenvalue weighted by Crippen LogP contribution is 2.36. The Bertz CT molecular complexity index is 1660. The molecule has 3 N–H and O–H groups in total. The highest BCUT2D eigenvalue weighted by Gasteiger charge is 2.35. The number of piperidine rings is 1. The molecule has 45 heavy (non-hydrogen) atoms. The van der Waals surface area contributed by atoms with Gasteiger partial charge in [0, 0.05) is 27.6 Å². The van der Waals surface area contributed by atoms with Crippen LogP contribution < -0.4 is 11.1 Å². The van der Waals surface area contributed by atoms with Crippen molar-refractivity contribution in [3.8, 4) is 0 Å². The Morgan fingerprint density at radius 1 is 1.20 bits per heavy atom. The number of carbonyl (C=O) groups is 2. The van der Waals surface area contributed by atoms with Crippen molar-refractivity contribution in [3.63, 3.8) is 0 Å². The van der Waals surface area contributed by atoms with Gasteiger partial charge in [-0.3, -0.25) is 9.59 Å². The summed E-state index contributed by atoms with van der Waals surface area (Å²) in [5.41, 5.74) is 9.04. The van der Waals surface area contributed by atoms with E-state index in [2.05, 4.69) is 79.2 Å². The second-order valence-electron chi connectivity index (χ2n) is 13.7. The Morgan fingerprint density at radius 2 is 2.00 bits per heavy atom. The molecule has 2 unspecified atom stereocenters. The fraction of sp³-hybridized carbons (Fsp3) is 0.531. The van der Waals surface area contributed by atoms with E-state index in [1.807, 2.05) is 0 Å². The number of hydrogen-bond acceptors (Lipinski definition) is 9. The van der Waals surface area contributed by atoms with Gasteiger partial charge in [-0.15, -0.1) is 11.3 Å². The molecule has 0 saturated carbocycles. The van der Waals surface area contributed by atoms with E-state index in [1.165, 1.54) is 6.20 Å². The number of likely N-dealkylation sites (tertiary alicyclic amines) is 1. The maximum Gasteiger partial charge on any atom is 0.314 e. The monoisotopic (exact) mass is 650 g/mol. The first-order chi connectivity index (χ1) is 21.4. The highest BCUT2D eigenvalue weighted by molar-refractivity contribution is 7.18. The van der Waals surface area contributed by atoms with Gasteiger partial charge in [-0.05, 0) is 69.6 Å².